The van der Waals surface area contributed by atoms with Crippen molar-refractivity contribution in [1.82, 2.24) is 29.6 Å². The molecule has 0 amide bonds. The van der Waals surface area contributed by atoms with Crippen molar-refractivity contribution >= 4 is 15.9 Å². The molecule has 2 aromatic rings. The summed E-state index contributed by atoms with van der Waals surface area (Å²) in [5.41, 5.74) is 0. The van der Waals surface area contributed by atoms with E-state index in [2.05, 4.69) is 45.6 Å². The normalized spacial score (nSPS) is 21.0. The molecule has 2 aromatic heterocycles. The summed E-state index contributed by atoms with van der Waals surface area (Å²) in [6.07, 6.45) is 8.06. The molecule has 2 aliphatic rings. The largest absolute Gasteiger partial charge is 0.463 e. The molecule has 1 atom stereocenters. The molecular weight excluding hydrogens is 372 g/mol. The van der Waals surface area contributed by atoms with Gasteiger partial charge < -0.3 is 9.30 Å². The second-order valence-electron chi connectivity index (χ2n) is 6.53. The zero-order valence-electron chi connectivity index (χ0n) is 13.6. The van der Waals surface area contributed by atoms with Crippen LogP contribution in [0.25, 0.3) is 0 Å². The van der Waals surface area contributed by atoms with E-state index in [9.17, 15) is 0 Å². The van der Waals surface area contributed by atoms with Crippen LogP contribution in [0.1, 0.15) is 30.9 Å². The van der Waals surface area contributed by atoms with E-state index in [-0.39, 0.29) is 0 Å². The van der Waals surface area contributed by atoms with Crippen LogP contribution in [-0.2, 0) is 19.5 Å². The Labute approximate surface area is 149 Å². The van der Waals surface area contributed by atoms with Gasteiger partial charge in [0.2, 0.25) is 0 Å². The van der Waals surface area contributed by atoms with E-state index < -0.39 is 0 Å². The van der Waals surface area contributed by atoms with Crippen LogP contribution in [0.2, 0.25) is 0 Å². The molecule has 0 bridgehead atoms. The van der Waals surface area contributed by atoms with Crippen LogP contribution in [0.4, 0.5) is 0 Å². The number of piperidine rings is 1. The van der Waals surface area contributed by atoms with Crippen molar-refractivity contribution in [1.29, 1.82) is 0 Å². The Bertz CT molecular complexity index is 688. The number of rotatable bonds is 5. The van der Waals surface area contributed by atoms with Crippen LogP contribution in [0.3, 0.4) is 0 Å². The molecule has 0 radical (unpaired) electrons. The van der Waals surface area contributed by atoms with Crippen molar-refractivity contribution in [3.05, 3.63) is 28.5 Å². The summed E-state index contributed by atoms with van der Waals surface area (Å²) >= 11 is 3.33. The number of halogens is 1. The van der Waals surface area contributed by atoms with Crippen molar-refractivity contribution in [2.45, 2.75) is 38.8 Å². The number of aromatic nitrogens is 5. The van der Waals surface area contributed by atoms with Crippen LogP contribution in [-0.4, -0.2) is 49.3 Å². The number of nitrogens with zero attached hydrogens (tertiary/aromatic N) is 6. The molecule has 7 nitrogen and oxygen atoms in total. The molecule has 2 aliphatic heterocycles. The molecule has 0 spiro atoms. The predicted molar refractivity (Wildman–Crippen MR) is 91.6 cm³/mol. The van der Waals surface area contributed by atoms with E-state index in [4.69, 9.17) is 4.74 Å². The van der Waals surface area contributed by atoms with Gasteiger partial charge >= 0.3 is 6.01 Å². The van der Waals surface area contributed by atoms with Crippen LogP contribution < -0.4 is 4.74 Å². The molecule has 8 heteroatoms. The van der Waals surface area contributed by atoms with Gasteiger partial charge in [-0.05, 0) is 41.7 Å². The SMILES string of the molecule is Brc1cnc(OCC2CCCN(Cc3nnc4n3CCC4)C2)nc1. The number of ether oxygens (including phenoxy) is 1. The number of fused-ring (bicyclic) bond motifs is 1. The summed E-state index contributed by atoms with van der Waals surface area (Å²) in [7, 11) is 0. The Hall–Kier alpha value is -1.54. The highest BCUT2D eigenvalue weighted by Gasteiger charge is 2.24. The smallest absolute Gasteiger partial charge is 0.316 e. The zero-order valence-corrected chi connectivity index (χ0v) is 15.2. The van der Waals surface area contributed by atoms with E-state index in [1.807, 2.05) is 0 Å². The van der Waals surface area contributed by atoms with E-state index in [1.54, 1.807) is 12.4 Å². The summed E-state index contributed by atoms with van der Waals surface area (Å²) in [5.74, 6) is 2.77. The Morgan fingerprint density at radius 1 is 1.17 bits per heavy atom. The second kappa shape index (κ2) is 7.14. The van der Waals surface area contributed by atoms with Crippen LogP contribution >= 0.6 is 15.9 Å². The zero-order chi connectivity index (χ0) is 16.4. The highest BCUT2D eigenvalue weighted by atomic mass is 79.9. The molecule has 1 fully saturated rings. The summed E-state index contributed by atoms with van der Waals surface area (Å²) in [4.78, 5) is 10.8. The molecular formula is C16H21BrN6O. The first-order valence-corrected chi connectivity index (χ1v) is 9.31. The molecule has 0 saturated carbocycles. The monoisotopic (exact) mass is 392 g/mol. The molecule has 1 saturated heterocycles. The van der Waals surface area contributed by atoms with Gasteiger partial charge in [-0.3, -0.25) is 4.90 Å². The Kier molecular flexibility index (Phi) is 4.75. The lowest BCUT2D eigenvalue weighted by Crippen LogP contribution is -2.38. The second-order valence-corrected chi connectivity index (χ2v) is 7.44. The third kappa shape index (κ3) is 3.59. The minimum Gasteiger partial charge on any atom is -0.463 e. The van der Waals surface area contributed by atoms with E-state index in [0.29, 0.717) is 18.5 Å². The third-order valence-electron chi connectivity index (χ3n) is 4.70. The lowest BCUT2D eigenvalue weighted by atomic mass is 9.99. The van der Waals surface area contributed by atoms with Crippen LogP contribution in [0.5, 0.6) is 6.01 Å². The van der Waals surface area contributed by atoms with E-state index in [1.165, 1.54) is 19.3 Å². The minimum atomic E-state index is 0.450. The van der Waals surface area contributed by atoms with Gasteiger partial charge in [0.25, 0.3) is 0 Å². The first-order chi connectivity index (χ1) is 11.8. The standard InChI is InChI=1S/C16H21BrN6O/c17-13-7-18-16(19-8-13)24-11-12-3-1-5-22(9-12)10-15-21-20-14-4-2-6-23(14)15/h7-8,12H,1-6,9-11H2. The summed E-state index contributed by atoms with van der Waals surface area (Å²) in [6, 6.07) is 0.450. The van der Waals surface area contributed by atoms with Gasteiger partial charge in [0, 0.05) is 37.8 Å². The van der Waals surface area contributed by atoms with Crippen molar-refractivity contribution in [3.8, 4) is 6.01 Å². The average molecular weight is 393 g/mol. The van der Waals surface area contributed by atoms with Gasteiger partial charge in [0.05, 0.1) is 17.6 Å². The van der Waals surface area contributed by atoms with Crippen molar-refractivity contribution < 1.29 is 4.74 Å². The molecule has 0 aliphatic carbocycles. The van der Waals surface area contributed by atoms with E-state index >= 15 is 0 Å². The first-order valence-electron chi connectivity index (χ1n) is 8.51. The molecule has 4 rings (SSSR count). The van der Waals surface area contributed by atoms with Crippen LogP contribution in [0.15, 0.2) is 16.9 Å². The molecule has 24 heavy (non-hydrogen) atoms. The summed E-state index contributed by atoms with van der Waals surface area (Å²) in [6.45, 7) is 4.76. The number of likely N-dealkylation sites (tertiary alicyclic amines) is 1. The molecule has 0 N–H and O–H groups in total. The number of aryl methyl sites for hydroxylation is 1. The topological polar surface area (TPSA) is 69.0 Å². The fourth-order valence-electron chi connectivity index (χ4n) is 3.53. The first kappa shape index (κ1) is 16.0. The lowest BCUT2D eigenvalue weighted by molar-refractivity contribution is 0.117. The van der Waals surface area contributed by atoms with Gasteiger partial charge in [-0.15, -0.1) is 10.2 Å². The van der Waals surface area contributed by atoms with Gasteiger partial charge in [-0.1, -0.05) is 0 Å². The fourth-order valence-corrected chi connectivity index (χ4v) is 3.73. The average Bonchev–Trinajstić information content (AvgIpc) is 3.20. The van der Waals surface area contributed by atoms with Crippen molar-refractivity contribution in [2.75, 3.05) is 19.7 Å². The molecule has 4 heterocycles. The maximum atomic E-state index is 5.76. The quantitative estimate of drug-likeness (QED) is 0.775. The van der Waals surface area contributed by atoms with E-state index in [0.717, 1.165) is 48.7 Å². The summed E-state index contributed by atoms with van der Waals surface area (Å²) in [5, 5.41) is 8.68. The molecule has 0 aromatic carbocycles. The predicted octanol–water partition coefficient (Wildman–Crippen LogP) is 2.07. The highest BCUT2D eigenvalue weighted by molar-refractivity contribution is 9.10. The van der Waals surface area contributed by atoms with Crippen molar-refractivity contribution in [2.24, 2.45) is 5.92 Å². The van der Waals surface area contributed by atoms with Gasteiger partial charge in [-0.2, -0.15) is 0 Å². The number of hydrogen-bond donors (Lipinski definition) is 0. The van der Waals surface area contributed by atoms with Gasteiger partial charge in [0.15, 0.2) is 0 Å². The number of hydrogen-bond acceptors (Lipinski definition) is 6. The fraction of sp³-hybridized carbons (Fsp3) is 0.625. The highest BCUT2D eigenvalue weighted by Crippen LogP contribution is 2.21. The summed E-state index contributed by atoms with van der Waals surface area (Å²) < 4.78 is 8.90. The van der Waals surface area contributed by atoms with Gasteiger partial charge in [0.1, 0.15) is 11.6 Å². The van der Waals surface area contributed by atoms with Crippen LogP contribution in [0, 0.1) is 5.92 Å². The Balaban J connectivity index is 1.31. The maximum absolute atomic E-state index is 5.76. The van der Waals surface area contributed by atoms with Gasteiger partial charge in [-0.25, -0.2) is 9.97 Å². The lowest BCUT2D eigenvalue weighted by Gasteiger charge is -2.32. The Morgan fingerprint density at radius 2 is 2.04 bits per heavy atom. The maximum Gasteiger partial charge on any atom is 0.316 e. The third-order valence-corrected chi connectivity index (χ3v) is 5.11. The van der Waals surface area contributed by atoms with Crippen molar-refractivity contribution in [3.63, 3.8) is 0 Å². The Morgan fingerprint density at radius 3 is 2.92 bits per heavy atom. The molecule has 128 valence electrons. The minimum absolute atomic E-state index is 0.450. The molecule has 1 unspecified atom stereocenters.